The van der Waals surface area contributed by atoms with Crippen molar-refractivity contribution in [1.29, 1.82) is 0 Å². The average molecular weight is 186 g/mol. The maximum atomic E-state index is 3.45. The molecule has 0 aliphatic carbocycles. The fourth-order valence-electron chi connectivity index (χ4n) is 2.20. The first-order chi connectivity index (χ1) is 6.86. The van der Waals surface area contributed by atoms with Gasteiger partial charge >= 0.3 is 0 Å². The van der Waals surface area contributed by atoms with Crippen LogP contribution in [0.5, 0.6) is 0 Å². The SMILES string of the molecule is Cn1cc([C@@H]2CCN2)c2ccccc21. The smallest absolute Gasteiger partial charge is 0.0481 e. The number of nitrogens with one attached hydrogen (secondary N) is 1. The average Bonchev–Trinajstić information content (AvgIpc) is 2.43. The van der Waals surface area contributed by atoms with Crippen LogP contribution in [0, 0.1) is 0 Å². The molecule has 2 heteroatoms. The Kier molecular flexibility index (Phi) is 1.64. The van der Waals surface area contributed by atoms with Crippen LogP contribution in [-0.2, 0) is 7.05 Å². The van der Waals surface area contributed by atoms with Gasteiger partial charge in [0.2, 0.25) is 0 Å². The summed E-state index contributed by atoms with van der Waals surface area (Å²) >= 11 is 0. The van der Waals surface area contributed by atoms with Crippen molar-refractivity contribution >= 4 is 10.9 Å². The van der Waals surface area contributed by atoms with Crippen molar-refractivity contribution in [2.24, 2.45) is 7.05 Å². The number of benzene rings is 1. The Morgan fingerprint density at radius 2 is 2.14 bits per heavy atom. The van der Waals surface area contributed by atoms with Gasteiger partial charge in [-0.15, -0.1) is 0 Å². The lowest BCUT2D eigenvalue weighted by atomic mass is 9.98. The molecule has 72 valence electrons. The molecule has 3 rings (SSSR count). The van der Waals surface area contributed by atoms with Crippen LogP contribution in [0.1, 0.15) is 18.0 Å². The molecule has 0 radical (unpaired) electrons. The molecule has 1 N–H and O–H groups in total. The van der Waals surface area contributed by atoms with E-state index in [9.17, 15) is 0 Å². The molecule has 1 aromatic carbocycles. The number of rotatable bonds is 1. The summed E-state index contributed by atoms with van der Waals surface area (Å²) in [5, 5.41) is 4.85. The van der Waals surface area contributed by atoms with Crippen LogP contribution in [0.4, 0.5) is 0 Å². The molecule has 1 atom stereocenters. The lowest BCUT2D eigenvalue weighted by Crippen LogP contribution is -2.34. The fourth-order valence-corrected chi connectivity index (χ4v) is 2.20. The van der Waals surface area contributed by atoms with E-state index in [4.69, 9.17) is 0 Å². The van der Waals surface area contributed by atoms with E-state index in [0.29, 0.717) is 6.04 Å². The molecule has 1 aliphatic rings. The maximum Gasteiger partial charge on any atom is 0.0481 e. The van der Waals surface area contributed by atoms with Crippen molar-refractivity contribution in [2.45, 2.75) is 12.5 Å². The van der Waals surface area contributed by atoms with Crippen molar-refractivity contribution in [2.75, 3.05) is 6.54 Å². The van der Waals surface area contributed by atoms with Crippen LogP contribution in [0.2, 0.25) is 0 Å². The highest BCUT2D eigenvalue weighted by Crippen LogP contribution is 2.30. The van der Waals surface area contributed by atoms with E-state index in [0.717, 1.165) is 6.54 Å². The van der Waals surface area contributed by atoms with Crippen LogP contribution in [0.25, 0.3) is 10.9 Å². The molecule has 0 unspecified atom stereocenters. The van der Waals surface area contributed by atoms with E-state index < -0.39 is 0 Å². The molecule has 1 aliphatic heterocycles. The minimum atomic E-state index is 0.584. The topological polar surface area (TPSA) is 17.0 Å². The van der Waals surface area contributed by atoms with Gasteiger partial charge in [-0.1, -0.05) is 18.2 Å². The van der Waals surface area contributed by atoms with E-state index in [1.54, 1.807) is 0 Å². The molecule has 1 fully saturated rings. The maximum absolute atomic E-state index is 3.45. The van der Waals surface area contributed by atoms with Crippen molar-refractivity contribution in [1.82, 2.24) is 9.88 Å². The van der Waals surface area contributed by atoms with Gasteiger partial charge in [0.1, 0.15) is 0 Å². The highest BCUT2D eigenvalue weighted by molar-refractivity contribution is 5.84. The van der Waals surface area contributed by atoms with Crippen molar-refractivity contribution in [3.8, 4) is 0 Å². The zero-order valence-electron chi connectivity index (χ0n) is 8.33. The van der Waals surface area contributed by atoms with E-state index in [2.05, 4.69) is 47.4 Å². The Hall–Kier alpha value is -1.28. The number of hydrogen-bond donors (Lipinski definition) is 1. The van der Waals surface area contributed by atoms with Gasteiger partial charge in [0.15, 0.2) is 0 Å². The fraction of sp³-hybridized carbons (Fsp3) is 0.333. The summed E-state index contributed by atoms with van der Waals surface area (Å²) in [6.45, 7) is 1.16. The molecule has 0 saturated carbocycles. The summed E-state index contributed by atoms with van der Waals surface area (Å²) < 4.78 is 2.21. The summed E-state index contributed by atoms with van der Waals surface area (Å²) in [5.41, 5.74) is 2.78. The molecule has 2 nitrogen and oxygen atoms in total. The van der Waals surface area contributed by atoms with Crippen LogP contribution < -0.4 is 5.32 Å². The third kappa shape index (κ3) is 1.01. The zero-order valence-corrected chi connectivity index (χ0v) is 8.33. The van der Waals surface area contributed by atoms with Gasteiger partial charge in [-0.3, -0.25) is 0 Å². The summed E-state index contributed by atoms with van der Waals surface area (Å²) in [6.07, 6.45) is 3.52. The second kappa shape index (κ2) is 2.85. The van der Waals surface area contributed by atoms with Gasteiger partial charge in [-0.2, -0.15) is 0 Å². The van der Waals surface area contributed by atoms with E-state index in [1.165, 1.54) is 22.9 Å². The molecular formula is C12H14N2. The highest BCUT2D eigenvalue weighted by Gasteiger charge is 2.21. The number of aryl methyl sites for hydroxylation is 1. The number of para-hydroxylation sites is 1. The Labute approximate surface area is 83.5 Å². The zero-order chi connectivity index (χ0) is 9.54. The van der Waals surface area contributed by atoms with Gasteiger partial charge in [0, 0.05) is 30.2 Å². The summed E-state index contributed by atoms with van der Waals surface area (Å²) in [7, 11) is 2.12. The normalized spacial score (nSPS) is 21.1. The molecule has 1 aromatic heterocycles. The van der Waals surface area contributed by atoms with Gasteiger partial charge in [0.05, 0.1) is 0 Å². The summed E-state index contributed by atoms with van der Waals surface area (Å²) in [4.78, 5) is 0. The van der Waals surface area contributed by atoms with Crippen molar-refractivity contribution in [3.05, 3.63) is 36.0 Å². The highest BCUT2D eigenvalue weighted by atomic mass is 15.0. The quantitative estimate of drug-likeness (QED) is 0.722. The second-order valence-electron chi connectivity index (χ2n) is 4.01. The standard InChI is InChI=1S/C12H14N2/c1-14-8-10(11-6-7-13-11)9-4-2-3-5-12(9)14/h2-5,8,11,13H,6-7H2,1H3/t11-/m0/s1. The summed E-state index contributed by atoms with van der Waals surface area (Å²) in [6, 6.07) is 9.19. The van der Waals surface area contributed by atoms with Gasteiger partial charge in [0.25, 0.3) is 0 Å². The minimum absolute atomic E-state index is 0.584. The third-order valence-electron chi connectivity index (χ3n) is 3.13. The van der Waals surface area contributed by atoms with E-state index in [1.807, 2.05) is 0 Å². The molecule has 1 saturated heterocycles. The van der Waals surface area contributed by atoms with Crippen LogP contribution in [0.15, 0.2) is 30.5 Å². The molecule has 2 heterocycles. The minimum Gasteiger partial charge on any atom is -0.350 e. The third-order valence-corrected chi connectivity index (χ3v) is 3.13. The molecular weight excluding hydrogens is 172 g/mol. The predicted molar refractivity (Wildman–Crippen MR) is 58.3 cm³/mol. The molecule has 0 bridgehead atoms. The Bertz CT molecular complexity index is 466. The van der Waals surface area contributed by atoms with E-state index in [-0.39, 0.29) is 0 Å². The number of aromatic nitrogens is 1. The van der Waals surface area contributed by atoms with Crippen LogP contribution in [-0.4, -0.2) is 11.1 Å². The summed E-state index contributed by atoms with van der Waals surface area (Å²) in [5.74, 6) is 0. The van der Waals surface area contributed by atoms with Gasteiger partial charge in [-0.05, 0) is 24.6 Å². The molecule has 0 spiro atoms. The number of hydrogen-bond acceptors (Lipinski definition) is 1. The first-order valence-corrected chi connectivity index (χ1v) is 5.13. The lowest BCUT2D eigenvalue weighted by Gasteiger charge is -2.27. The lowest BCUT2D eigenvalue weighted by molar-refractivity contribution is 0.385. The molecule has 14 heavy (non-hydrogen) atoms. The van der Waals surface area contributed by atoms with Crippen LogP contribution in [0.3, 0.4) is 0 Å². The monoisotopic (exact) mass is 186 g/mol. The first-order valence-electron chi connectivity index (χ1n) is 5.13. The van der Waals surface area contributed by atoms with Gasteiger partial charge in [-0.25, -0.2) is 0 Å². The Balaban J connectivity index is 2.23. The Morgan fingerprint density at radius 3 is 2.86 bits per heavy atom. The molecule has 0 amide bonds. The number of nitrogens with zero attached hydrogens (tertiary/aromatic N) is 1. The predicted octanol–water partition coefficient (Wildman–Crippen LogP) is 2.21. The largest absolute Gasteiger partial charge is 0.350 e. The molecule has 2 aromatic rings. The number of fused-ring (bicyclic) bond motifs is 1. The van der Waals surface area contributed by atoms with Crippen molar-refractivity contribution < 1.29 is 0 Å². The van der Waals surface area contributed by atoms with Crippen LogP contribution >= 0.6 is 0 Å². The second-order valence-corrected chi connectivity index (χ2v) is 4.01. The van der Waals surface area contributed by atoms with Crippen molar-refractivity contribution in [3.63, 3.8) is 0 Å². The first kappa shape index (κ1) is 8.06. The Morgan fingerprint density at radius 1 is 1.36 bits per heavy atom. The van der Waals surface area contributed by atoms with E-state index >= 15 is 0 Å². The van der Waals surface area contributed by atoms with Gasteiger partial charge < -0.3 is 9.88 Å².